The number of para-hydroxylation sites is 1. The first-order valence-electron chi connectivity index (χ1n) is 8.58. The Hall–Kier alpha value is -2.12. The van der Waals surface area contributed by atoms with Gasteiger partial charge in [-0.05, 0) is 6.07 Å². The fourth-order valence-electron chi connectivity index (χ4n) is 3.45. The number of hydrogen-bond acceptors (Lipinski definition) is 5. The van der Waals surface area contributed by atoms with Gasteiger partial charge in [-0.25, -0.2) is 0 Å². The Morgan fingerprint density at radius 3 is 2.62 bits per heavy atom. The summed E-state index contributed by atoms with van der Waals surface area (Å²) in [4.78, 5) is 39.2. The van der Waals surface area contributed by atoms with Crippen LogP contribution in [0.2, 0.25) is 0 Å². The van der Waals surface area contributed by atoms with Crippen LogP contribution in [-0.4, -0.2) is 60.8 Å². The van der Waals surface area contributed by atoms with Crippen LogP contribution in [0, 0.1) is 0 Å². The van der Waals surface area contributed by atoms with Gasteiger partial charge in [0, 0.05) is 51.0 Å². The molecule has 2 aliphatic heterocycles. The number of ether oxygens (including phenoxy) is 1. The molecule has 2 fully saturated rings. The number of benzene rings is 1. The molecule has 0 bridgehead atoms. The van der Waals surface area contributed by atoms with Gasteiger partial charge >= 0.3 is 0 Å². The predicted molar refractivity (Wildman–Crippen MR) is 98.1 cm³/mol. The van der Waals surface area contributed by atoms with Gasteiger partial charge in [0.15, 0.2) is 0 Å². The largest absolute Gasteiger partial charge is 0.496 e. The molecule has 0 spiro atoms. The average molecular weight is 382 g/mol. The number of halogens is 1. The summed E-state index contributed by atoms with van der Waals surface area (Å²) >= 11 is 0. The summed E-state index contributed by atoms with van der Waals surface area (Å²) in [6, 6.07) is 7.55. The van der Waals surface area contributed by atoms with E-state index in [4.69, 9.17) is 4.74 Å². The van der Waals surface area contributed by atoms with E-state index < -0.39 is 0 Å². The zero-order chi connectivity index (χ0) is 17.8. The minimum absolute atomic E-state index is 0. The smallest absolute Gasteiger partial charge is 0.229 e. The van der Waals surface area contributed by atoms with Crippen LogP contribution in [0.1, 0.15) is 30.9 Å². The van der Waals surface area contributed by atoms with Gasteiger partial charge in [0.05, 0.1) is 13.2 Å². The third-order valence-electron chi connectivity index (χ3n) is 4.77. The average Bonchev–Trinajstić information content (AvgIpc) is 2.97. The molecule has 1 aromatic carbocycles. The van der Waals surface area contributed by atoms with Gasteiger partial charge in [-0.2, -0.15) is 0 Å². The summed E-state index contributed by atoms with van der Waals surface area (Å²) in [5.41, 5.74) is 0.957. The van der Waals surface area contributed by atoms with Crippen LogP contribution in [-0.2, 0) is 14.4 Å². The SMILES string of the molecule is COc1ccccc1C1CNCCN1C(=O)CCN1C(=O)CCC1=O.Cl. The van der Waals surface area contributed by atoms with Gasteiger partial charge in [-0.1, -0.05) is 18.2 Å². The van der Waals surface area contributed by atoms with Gasteiger partial charge in [0.2, 0.25) is 17.7 Å². The molecule has 1 unspecified atom stereocenters. The van der Waals surface area contributed by atoms with Crippen LogP contribution in [0.25, 0.3) is 0 Å². The number of amides is 3. The summed E-state index contributed by atoms with van der Waals surface area (Å²) in [5, 5.41) is 3.31. The van der Waals surface area contributed by atoms with Crippen molar-refractivity contribution in [3.63, 3.8) is 0 Å². The maximum Gasteiger partial charge on any atom is 0.229 e. The van der Waals surface area contributed by atoms with Gasteiger partial charge in [-0.3, -0.25) is 19.3 Å². The lowest BCUT2D eigenvalue weighted by Gasteiger charge is -2.37. The molecule has 1 atom stereocenters. The molecule has 26 heavy (non-hydrogen) atoms. The number of nitrogens with zero attached hydrogens (tertiary/aromatic N) is 2. The molecular formula is C18H24ClN3O4. The van der Waals surface area contributed by atoms with Crippen molar-refractivity contribution in [1.29, 1.82) is 0 Å². The molecule has 1 N–H and O–H groups in total. The molecule has 0 radical (unpaired) electrons. The molecule has 7 nitrogen and oxygen atoms in total. The summed E-state index contributed by atoms with van der Waals surface area (Å²) < 4.78 is 5.43. The normalized spacial score (nSPS) is 20.1. The van der Waals surface area contributed by atoms with E-state index in [0.717, 1.165) is 17.9 Å². The first kappa shape index (κ1) is 20.2. The van der Waals surface area contributed by atoms with E-state index in [-0.39, 0.29) is 62.0 Å². The highest BCUT2D eigenvalue weighted by atomic mass is 35.5. The van der Waals surface area contributed by atoms with E-state index in [1.807, 2.05) is 29.2 Å². The molecule has 3 amide bonds. The number of piperazine rings is 1. The molecule has 142 valence electrons. The van der Waals surface area contributed by atoms with Crippen molar-refractivity contribution >= 4 is 30.1 Å². The standard InChI is InChI=1S/C18H23N3O4.ClH/c1-25-15-5-3-2-4-13(15)14-12-19-9-11-20(14)18(24)8-10-21-16(22)6-7-17(21)23;/h2-5,14,19H,6-12H2,1H3;1H. The summed E-state index contributed by atoms with van der Waals surface area (Å²) in [6.07, 6.45) is 0.665. The molecule has 2 heterocycles. The number of nitrogens with one attached hydrogen (secondary N) is 1. The quantitative estimate of drug-likeness (QED) is 0.773. The highest BCUT2D eigenvalue weighted by Crippen LogP contribution is 2.30. The molecule has 2 saturated heterocycles. The molecule has 0 saturated carbocycles. The maximum absolute atomic E-state index is 12.8. The number of rotatable bonds is 5. The molecule has 1 aromatic rings. The van der Waals surface area contributed by atoms with Crippen molar-refractivity contribution in [3.05, 3.63) is 29.8 Å². The Bertz CT molecular complexity index is 666. The van der Waals surface area contributed by atoms with Crippen LogP contribution < -0.4 is 10.1 Å². The number of imide groups is 1. The highest BCUT2D eigenvalue weighted by Gasteiger charge is 2.32. The van der Waals surface area contributed by atoms with Crippen LogP contribution in [0.15, 0.2) is 24.3 Å². The number of methoxy groups -OCH3 is 1. The van der Waals surface area contributed by atoms with E-state index in [1.165, 1.54) is 4.90 Å². The molecule has 2 aliphatic rings. The minimum atomic E-state index is -0.181. The second kappa shape index (κ2) is 9.00. The van der Waals surface area contributed by atoms with E-state index >= 15 is 0 Å². The van der Waals surface area contributed by atoms with Crippen molar-refractivity contribution in [2.75, 3.05) is 33.3 Å². The van der Waals surface area contributed by atoms with Crippen LogP contribution in [0.5, 0.6) is 5.75 Å². The maximum atomic E-state index is 12.8. The second-order valence-corrected chi connectivity index (χ2v) is 6.24. The highest BCUT2D eigenvalue weighted by molar-refractivity contribution is 6.02. The lowest BCUT2D eigenvalue weighted by Crippen LogP contribution is -2.49. The van der Waals surface area contributed by atoms with E-state index in [9.17, 15) is 14.4 Å². The molecular weight excluding hydrogens is 358 g/mol. The number of carbonyl (C=O) groups is 3. The van der Waals surface area contributed by atoms with E-state index in [2.05, 4.69) is 5.32 Å². The lowest BCUT2D eigenvalue weighted by molar-refractivity contribution is -0.140. The first-order chi connectivity index (χ1) is 12.1. The van der Waals surface area contributed by atoms with Gasteiger partial charge in [-0.15, -0.1) is 12.4 Å². The number of carbonyl (C=O) groups excluding carboxylic acids is 3. The predicted octanol–water partition coefficient (Wildman–Crippen LogP) is 1.13. The van der Waals surface area contributed by atoms with E-state index in [0.29, 0.717) is 13.1 Å². The van der Waals surface area contributed by atoms with Crippen molar-refractivity contribution in [2.24, 2.45) is 0 Å². The summed E-state index contributed by atoms with van der Waals surface area (Å²) in [7, 11) is 1.62. The van der Waals surface area contributed by atoms with Crippen LogP contribution in [0.4, 0.5) is 0 Å². The van der Waals surface area contributed by atoms with Gasteiger partial charge < -0.3 is 15.0 Å². The Balaban J connectivity index is 0.00000243. The third-order valence-corrected chi connectivity index (χ3v) is 4.77. The Kier molecular flexibility index (Phi) is 6.99. The van der Waals surface area contributed by atoms with Crippen molar-refractivity contribution in [2.45, 2.75) is 25.3 Å². The summed E-state index contributed by atoms with van der Waals surface area (Å²) in [5.74, 6) is 0.336. The number of hydrogen-bond donors (Lipinski definition) is 1. The van der Waals surface area contributed by atoms with Crippen molar-refractivity contribution < 1.29 is 19.1 Å². The van der Waals surface area contributed by atoms with E-state index in [1.54, 1.807) is 7.11 Å². The van der Waals surface area contributed by atoms with Crippen molar-refractivity contribution in [1.82, 2.24) is 15.1 Å². The Labute approximate surface area is 159 Å². The second-order valence-electron chi connectivity index (χ2n) is 6.24. The zero-order valence-electron chi connectivity index (χ0n) is 14.8. The van der Waals surface area contributed by atoms with Crippen LogP contribution in [0.3, 0.4) is 0 Å². The topological polar surface area (TPSA) is 79.0 Å². The zero-order valence-corrected chi connectivity index (χ0v) is 15.6. The minimum Gasteiger partial charge on any atom is -0.496 e. The monoisotopic (exact) mass is 381 g/mol. The van der Waals surface area contributed by atoms with Crippen LogP contribution >= 0.6 is 12.4 Å². The van der Waals surface area contributed by atoms with Gasteiger partial charge in [0.1, 0.15) is 5.75 Å². The lowest BCUT2D eigenvalue weighted by atomic mass is 10.0. The molecule has 8 heteroatoms. The fourth-order valence-corrected chi connectivity index (χ4v) is 3.45. The fraction of sp³-hybridized carbons (Fsp3) is 0.500. The third kappa shape index (κ3) is 4.16. The molecule has 3 rings (SSSR count). The number of likely N-dealkylation sites (tertiary alicyclic amines) is 1. The Morgan fingerprint density at radius 2 is 1.92 bits per heavy atom. The Morgan fingerprint density at radius 1 is 1.23 bits per heavy atom. The van der Waals surface area contributed by atoms with Gasteiger partial charge in [0.25, 0.3) is 0 Å². The first-order valence-corrected chi connectivity index (χ1v) is 8.58. The molecule has 0 aliphatic carbocycles. The molecule has 0 aromatic heterocycles. The van der Waals surface area contributed by atoms with Crippen molar-refractivity contribution in [3.8, 4) is 5.75 Å². The summed E-state index contributed by atoms with van der Waals surface area (Å²) in [6.45, 7) is 2.12.